The highest BCUT2D eigenvalue weighted by Crippen LogP contribution is 2.28. The van der Waals surface area contributed by atoms with E-state index in [0.29, 0.717) is 17.9 Å². The minimum absolute atomic E-state index is 0.0457. The molecule has 2 rings (SSSR count). The zero-order valence-corrected chi connectivity index (χ0v) is 8.56. The number of benzene rings is 1. The lowest BCUT2D eigenvalue weighted by Gasteiger charge is -2.18. The van der Waals surface area contributed by atoms with Crippen molar-refractivity contribution in [2.75, 3.05) is 11.9 Å². The van der Waals surface area contributed by atoms with Crippen molar-refractivity contribution in [3.05, 3.63) is 23.8 Å². The lowest BCUT2D eigenvalue weighted by molar-refractivity contribution is -0.118. The van der Waals surface area contributed by atoms with Crippen LogP contribution in [0.2, 0.25) is 0 Å². The van der Waals surface area contributed by atoms with Gasteiger partial charge in [0.15, 0.2) is 6.61 Å². The summed E-state index contributed by atoms with van der Waals surface area (Å²) < 4.78 is 5.21. The predicted molar refractivity (Wildman–Crippen MR) is 57.9 cm³/mol. The van der Waals surface area contributed by atoms with Gasteiger partial charge in [-0.15, -0.1) is 0 Å². The van der Waals surface area contributed by atoms with E-state index in [1.54, 1.807) is 12.1 Å². The number of amides is 1. The van der Waals surface area contributed by atoms with E-state index in [1.807, 2.05) is 12.1 Å². The topological polar surface area (TPSA) is 88.1 Å². The zero-order chi connectivity index (χ0) is 11.5. The van der Waals surface area contributed by atoms with Crippen LogP contribution in [-0.4, -0.2) is 18.6 Å². The normalized spacial score (nSPS) is 15.4. The number of nitriles is 1. The number of hydrogen-bond acceptors (Lipinski definition) is 4. The number of anilines is 1. The van der Waals surface area contributed by atoms with Gasteiger partial charge in [-0.3, -0.25) is 4.79 Å². The van der Waals surface area contributed by atoms with Gasteiger partial charge in [0, 0.05) is 6.42 Å². The molecule has 82 valence electrons. The van der Waals surface area contributed by atoms with Crippen molar-refractivity contribution in [2.24, 2.45) is 5.73 Å². The van der Waals surface area contributed by atoms with Crippen molar-refractivity contribution in [1.82, 2.24) is 0 Å². The Balaban J connectivity index is 2.22. The number of nitrogens with two attached hydrogens (primary N) is 1. The minimum atomic E-state index is -0.529. The first-order valence-electron chi connectivity index (χ1n) is 4.90. The number of fused-ring (bicyclic) bond motifs is 1. The van der Waals surface area contributed by atoms with E-state index >= 15 is 0 Å². The molecule has 1 aliphatic heterocycles. The molecule has 1 aromatic rings. The Bertz CT molecular complexity index is 465. The van der Waals surface area contributed by atoms with Crippen molar-refractivity contribution in [3.63, 3.8) is 0 Å². The summed E-state index contributed by atoms with van der Waals surface area (Å²) in [5.74, 6) is 0.475. The number of rotatable bonds is 2. The Morgan fingerprint density at radius 2 is 2.44 bits per heavy atom. The van der Waals surface area contributed by atoms with Crippen LogP contribution in [-0.2, 0) is 11.2 Å². The van der Waals surface area contributed by atoms with E-state index < -0.39 is 6.04 Å². The molecule has 0 aliphatic carbocycles. The molecule has 0 radical (unpaired) electrons. The van der Waals surface area contributed by atoms with E-state index in [0.717, 1.165) is 5.56 Å². The number of carbonyl (C=O) groups is 1. The van der Waals surface area contributed by atoms with Gasteiger partial charge in [0.25, 0.3) is 5.91 Å². The lowest BCUT2D eigenvalue weighted by atomic mass is 10.1. The van der Waals surface area contributed by atoms with Crippen molar-refractivity contribution < 1.29 is 9.53 Å². The third-order valence-electron chi connectivity index (χ3n) is 2.30. The molecule has 1 aliphatic rings. The van der Waals surface area contributed by atoms with Crippen LogP contribution in [0.15, 0.2) is 18.2 Å². The van der Waals surface area contributed by atoms with Gasteiger partial charge in [-0.2, -0.15) is 5.26 Å². The first-order valence-corrected chi connectivity index (χ1v) is 4.90. The molecular formula is C11H11N3O2. The Hall–Kier alpha value is -2.06. The quantitative estimate of drug-likeness (QED) is 0.751. The van der Waals surface area contributed by atoms with E-state index in [9.17, 15) is 4.79 Å². The average molecular weight is 217 g/mol. The fourth-order valence-corrected chi connectivity index (χ4v) is 1.56. The number of carbonyl (C=O) groups excluding carboxylic acids is 1. The van der Waals surface area contributed by atoms with Crippen LogP contribution in [0, 0.1) is 11.3 Å². The second-order valence-electron chi connectivity index (χ2n) is 3.61. The van der Waals surface area contributed by atoms with Gasteiger partial charge in [0.2, 0.25) is 0 Å². The maximum absolute atomic E-state index is 11.1. The smallest absolute Gasteiger partial charge is 0.262 e. The molecule has 3 N–H and O–H groups in total. The molecule has 0 fully saturated rings. The Labute approximate surface area is 92.8 Å². The predicted octanol–water partition coefficient (Wildman–Crippen LogP) is 0.411. The van der Waals surface area contributed by atoms with E-state index in [4.69, 9.17) is 15.7 Å². The molecule has 0 saturated carbocycles. The summed E-state index contributed by atoms with van der Waals surface area (Å²) in [5, 5.41) is 11.3. The van der Waals surface area contributed by atoms with E-state index in [-0.39, 0.29) is 12.5 Å². The Morgan fingerprint density at radius 3 is 3.19 bits per heavy atom. The van der Waals surface area contributed by atoms with Gasteiger partial charge in [-0.25, -0.2) is 0 Å². The maximum Gasteiger partial charge on any atom is 0.262 e. The second-order valence-corrected chi connectivity index (χ2v) is 3.61. The molecule has 1 amide bonds. The highest BCUT2D eigenvalue weighted by atomic mass is 16.5. The third kappa shape index (κ3) is 2.12. The van der Waals surface area contributed by atoms with Gasteiger partial charge in [0.05, 0.1) is 17.8 Å². The van der Waals surface area contributed by atoms with E-state index in [1.165, 1.54) is 0 Å². The summed E-state index contributed by atoms with van der Waals surface area (Å²) in [7, 11) is 0. The summed E-state index contributed by atoms with van der Waals surface area (Å²) >= 11 is 0. The summed E-state index contributed by atoms with van der Waals surface area (Å²) in [4.78, 5) is 11.1. The third-order valence-corrected chi connectivity index (χ3v) is 2.30. The monoisotopic (exact) mass is 217 g/mol. The van der Waals surface area contributed by atoms with Crippen LogP contribution in [0.3, 0.4) is 0 Å². The van der Waals surface area contributed by atoms with Crippen LogP contribution in [0.25, 0.3) is 0 Å². The fourth-order valence-electron chi connectivity index (χ4n) is 1.56. The molecule has 0 spiro atoms. The van der Waals surface area contributed by atoms with E-state index in [2.05, 4.69) is 5.32 Å². The summed E-state index contributed by atoms with van der Waals surface area (Å²) in [5.41, 5.74) is 7.07. The Morgan fingerprint density at radius 1 is 1.62 bits per heavy atom. The SMILES string of the molecule is N#CC(N)Cc1ccc2c(c1)NC(=O)CO2. The van der Waals surface area contributed by atoms with Gasteiger partial charge in [-0.1, -0.05) is 6.07 Å². The highest BCUT2D eigenvalue weighted by Gasteiger charge is 2.16. The molecule has 0 aromatic heterocycles. The number of nitrogens with one attached hydrogen (secondary N) is 1. The number of nitrogens with zero attached hydrogens (tertiary/aromatic N) is 1. The molecule has 5 heteroatoms. The maximum atomic E-state index is 11.1. The van der Waals surface area contributed by atoms with Crippen LogP contribution in [0.1, 0.15) is 5.56 Å². The molecule has 1 heterocycles. The van der Waals surface area contributed by atoms with Crippen molar-refractivity contribution >= 4 is 11.6 Å². The Kier molecular flexibility index (Phi) is 2.75. The molecule has 16 heavy (non-hydrogen) atoms. The summed E-state index contributed by atoms with van der Waals surface area (Å²) in [6.45, 7) is 0.0457. The molecule has 0 bridgehead atoms. The van der Waals surface area contributed by atoms with Crippen LogP contribution in [0.5, 0.6) is 5.75 Å². The van der Waals surface area contributed by atoms with Crippen LogP contribution < -0.4 is 15.8 Å². The van der Waals surface area contributed by atoms with Crippen LogP contribution >= 0.6 is 0 Å². The molecular weight excluding hydrogens is 206 g/mol. The first-order chi connectivity index (χ1) is 7.69. The van der Waals surface area contributed by atoms with Gasteiger partial charge in [-0.05, 0) is 17.7 Å². The average Bonchev–Trinajstić information content (AvgIpc) is 2.28. The second kappa shape index (κ2) is 4.21. The van der Waals surface area contributed by atoms with Crippen LogP contribution in [0.4, 0.5) is 5.69 Å². The van der Waals surface area contributed by atoms with Gasteiger partial charge >= 0.3 is 0 Å². The minimum Gasteiger partial charge on any atom is -0.482 e. The zero-order valence-electron chi connectivity index (χ0n) is 8.56. The van der Waals surface area contributed by atoms with Gasteiger partial charge in [0.1, 0.15) is 5.75 Å². The fraction of sp³-hybridized carbons (Fsp3) is 0.273. The van der Waals surface area contributed by atoms with Crippen molar-refractivity contribution in [3.8, 4) is 11.8 Å². The standard InChI is InChI=1S/C11H11N3O2/c12-5-8(13)3-7-1-2-10-9(4-7)14-11(15)6-16-10/h1-2,4,8H,3,6,13H2,(H,14,15). The lowest BCUT2D eigenvalue weighted by Crippen LogP contribution is -2.26. The molecule has 0 saturated heterocycles. The summed E-state index contributed by atoms with van der Waals surface area (Å²) in [6, 6.07) is 6.83. The van der Waals surface area contributed by atoms with Crippen molar-refractivity contribution in [2.45, 2.75) is 12.5 Å². The molecule has 5 nitrogen and oxygen atoms in total. The molecule has 1 unspecified atom stereocenters. The largest absolute Gasteiger partial charge is 0.482 e. The molecule has 1 atom stereocenters. The molecule has 1 aromatic carbocycles. The van der Waals surface area contributed by atoms with Gasteiger partial charge < -0.3 is 15.8 Å². The highest BCUT2D eigenvalue weighted by molar-refractivity contribution is 5.95. The summed E-state index contributed by atoms with van der Waals surface area (Å²) in [6.07, 6.45) is 0.458. The number of hydrogen-bond donors (Lipinski definition) is 2. The van der Waals surface area contributed by atoms with Crippen molar-refractivity contribution in [1.29, 1.82) is 5.26 Å². The number of ether oxygens (including phenoxy) is 1. The first kappa shape index (κ1) is 10.5.